The van der Waals surface area contributed by atoms with Crippen molar-refractivity contribution in [3.8, 4) is 0 Å². The summed E-state index contributed by atoms with van der Waals surface area (Å²) in [5.74, 6) is -0.713. The van der Waals surface area contributed by atoms with Gasteiger partial charge in [-0.15, -0.1) is 0 Å². The standard InChI is InChI=1S/C25H32N5O5S/c1-18(4-5-22-21(24(32)27-34)3-2-9-26-22)28-10-6-20(7-11-28)30(15-19-8-14-36-17-19)23(31)16-29-12-13-35-25(29)33/h2-3,8-9,14,17-18,20H,4-7,10-13,15-16H2,1H3,(H-,27,32,34)/q-1/t18-/m1/s1. The Bertz CT molecular complexity index is 1040. The van der Waals surface area contributed by atoms with Gasteiger partial charge in [0.15, 0.2) is 0 Å². The Kier molecular flexibility index (Phi) is 8.89. The van der Waals surface area contributed by atoms with E-state index in [4.69, 9.17) is 4.74 Å². The molecule has 194 valence electrons. The molecule has 1 N–H and O–H groups in total. The van der Waals surface area contributed by atoms with Gasteiger partial charge >= 0.3 is 6.09 Å². The summed E-state index contributed by atoms with van der Waals surface area (Å²) >= 11 is 1.61. The summed E-state index contributed by atoms with van der Waals surface area (Å²) in [5, 5.41) is 14.9. The molecule has 3 amide bonds. The van der Waals surface area contributed by atoms with Gasteiger partial charge in [-0.05, 0) is 67.1 Å². The third-order valence-corrected chi connectivity index (χ3v) is 7.75. The van der Waals surface area contributed by atoms with Crippen LogP contribution in [0, 0.1) is 5.21 Å². The van der Waals surface area contributed by atoms with E-state index in [-0.39, 0.29) is 24.5 Å². The van der Waals surface area contributed by atoms with Crippen LogP contribution in [0.4, 0.5) is 4.79 Å². The molecule has 0 saturated carbocycles. The van der Waals surface area contributed by atoms with E-state index in [9.17, 15) is 19.6 Å². The number of carbonyl (C=O) groups excluding carboxylic acids is 3. The molecule has 2 saturated heterocycles. The van der Waals surface area contributed by atoms with Gasteiger partial charge in [0.05, 0.1) is 17.8 Å². The maximum Gasteiger partial charge on any atom is 0.410 e. The Labute approximate surface area is 214 Å². The predicted molar refractivity (Wildman–Crippen MR) is 135 cm³/mol. The largest absolute Gasteiger partial charge is 0.759 e. The van der Waals surface area contributed by atoms with Crippen molar-refractivity contribution in [2.45, 2.75) is 51.2 Å². The van der Waals surface area contributed by atoms with Crippen molar-refractivity contribution in [3.05, 3.63) is 57.2 Å². The number of carbonyl (C=O) groups is 3. The highest BCUT2D eigenvalue weighted by atomic mass is 32.1. The first kappa shape index (κ1) is 26.1. The summed E-state index contributed by atoms with van der Waals surface area (Å²) in [6.07, 6.45) is 4.30. The summed E-state index contributed by atoms with van der Waals surface area (Å²) in [4.78, 5) is 47.1. The molecular formula is C25H32N5O5S-. The number of aryl methyl sites for hydroxylation is 1. The third kappa shape index (κ3) is 6.40. The van der Waals surface area contributed by atoms with Crippen molar-refractivity contribution in [3.63, 3.8) is 0 Å². The predicted octanol–water partition coefficient (Wildman–Crippen LogP) is 2.64. The molecule has 0 unspecified atom stereocenters. The minimum absolute atomic E-state index is 0.0446. The highest BCUT2D eigenvalue weighted by molar-refractivity contribution is 7.07. The number of hydrogen-bond donors (Lipinski definition) is 1. The first-order valence-corrected chi connectivity index (χ1v) is 13.2. The average Bonchev–Trinajstić information content (AvgIpc) is 3.57. The van der Waals surface area contributed by atoms with Gasteiger partial charge in [0.25, 0.3) is 0 Å². The minimum Gasteiger partial charge on any atom is -0.759 e. The van der Waals surface area contributed by atoms with Crippen LogP contribution in [0.3, 0.4) is 0 Å². The fourth-order valence-corrected chi connectivity index (χ4v) is 5.55. The lowest BCUT2D eigenvalue weighted by Gasteiger charge is -2.41. The van der Waals surface area contributed by atoms with Crippen LogP contribution in [-0.2, 0) is 22.5 Å². The second-order valence-electron chi connectivity index (χ2n) is 9.27. The molecule has 4 heterocycles. The van der Waals surface area contributed by atoms with Crippen molar-refractivity contribution >= 4 is 29.2 Å². The van der Waals surface area contributed by atoms with Crippen LogP contribution in [0.2, 0.25) is 0 Å². The van der Waals surface area contributed by atoms with E-state index in [1.165, 1.54) is 10.4 Å². The molecule has 2 aliphatic rings. The van der Waals surface area contributed by atoms with E-state index in [1.807, 2.05) is 16.3 Å². The van der Waals surface area contributed by atoms with Crippen LogP contribution in [0.15, 0.2) is 35.2 Å². The fraction of sp³-hybridized carbons (Fsp3) is 0.520. The number of nitrogens with zero attached hydrogens (tertiary/aromatic N) is 4. The van der Waals surface area contributed by atoms with E-state index in [0.29, 0.717) is 37.4 Å². The average molecular weight is 515 g/mol. The van der Waals surface area contributed by atoms with Gasteiger partial charge in [-0.2, -0.15) is 11.3 Å². The van der Waals surface area contributed by atoms with Crippen LogP contribution in [0.25, 0.3) is 0 Å². The Balaban J connectivity index is 1.33. The Morgan fingerprint density at radius 1 is 1.31 bits per heavy atom. The molecule has 2 aromatic heterocycles. The first-order valence-electron chi connectivity index (χ1n) is 12.3. The van der Waals surface area contributed by atoms with E-state index in [2.05, 4.69) is 22.2 Å². The molecule has 10 nitrogen and oxygen atoms in total. The smallest absolute Gasteiger partial charge is 0.410 e. The molecule has 4 rings (SSSR count). The maximum atomic E-state index is 13.3. The Hall–Kier alpha value is -3.02. The quantitative estimate of drug-likeness (QED) is 0.484. The summed E-state index contributed by atoms with van der Waals surface area (Å²) in [6, 6.07) is 5.66. The number of aromatic nitrogens is 1. The van der Waals surface area contributed by atoms with E-state index in [0.717, 1.165) is 37.9 Å². The number of rotatable bonds is 10. The van der Waals surface area contributed by atoms with Crippen molar-refractivity contribution < 1.29 is 19.1 Å². The highest BCUT2D eigenvalue weighted by Gasteiger charge is 2.32. The number of piperidine rings is 1. The number of pyridine rings is 1. The van der Waals surface area contributed by atoms with Gasteiger partial charge in [-0.1, -0.05) is 0 Å². The zero-order valence-electron chi connectivity index (χ0n) is 20.4. The molecule has 2 aromatic rings. The van der Waals surface area contributed by atoms with Gasteiger partial charge in [0, 0.05) is 37.9 Å². The monoisotopic (exact) mass is 514 g/mol. The van der Waals surface area contributed by atoms with E-state index >= 15 is 0 Å². The number of ether oxygens (including phenoxy) is 1. The molecule has 1 atom stereocenters. The van der Waals surface area contributed by atoms with Gasteiger partial charge < -0.3 is 25.2 Å². The van der Waals surface area contributed by atoms with Gasteiger partial charge in [-0.25, -0.2) is 4.79 Å². The van der Waals surface area contributed by atoms with Crippen molar-refractivity contribution in [1.82, 2.24) is 25.2 Å². The van der Waals surface area contributed by atoms with Gasteiger partial charge in [0.2, 0.25) is 11.8 Å². The maximum absolute atomic E-state index is 13.3. The van der Waals surface area contributed by atoms with Crippen molar-refractivity contribution in [2.24, 2.45) is 0 Å². The Morgan fingerprint density at radius 2 is 2.11 bits per heavy atom. The lowest BCUT2D eigenvalue weighted by atomic mass is 9.98. The topological polar surface area (TPSA) is 118 Å². The molecule has 0 bridgehead atoms. The highest BCUT2D eigenvalue weighted by Crippen LogP contribution is 2.23. The van der Waals surface area contributed by atoms with Crippen molar-refractivity contribution in [1.29, 1.82) is 0 Å². The zero-order valence-corrected chi connectivity index (χ0v) is 21.2. The zero-order chi connectivity index (χ0) is 25.5. The number of hydrogen-bond acceptors (Lipinski definition) is 8. The number of amides is 3. The second kappa shape index (κ2) is 12.3. The molecule has 0 aromatic carbocycles. The molecule has 2 aliphatic heterocycles. The number of hydroxylamine groups is 1. The molecule has 2 fully saturated rings. The number of nitrogens with one attached hydrogen (secondary N) is 1. The fourth-order valence-electron chi connectivity index (χ4n) is 4.89. The van der Waals surface area contributed by atoms with Crippen LogP contribution < -0.4 is 5.48 Å². The molecule has 0 spiro atoms. The third-order valence-electron chi connectivity index (χ3n) is 7.01. The summed E-state index contributed by atoms with van der Waals surface area (Å²) in [7, 11) is 0. The van der Waals surface area contributed by atoms with E-state index < -0.39 is 12.0 Å². The summed E-state index contributed by atoms with van der Waals surface area (Å²) in [5.41, 5.74) is 3.48. The molecule has 0 radical (unpaired) electrons. The van der Waals surface area contributed by atoms with E-state index in [1.54, 1.807) is 29.7 Å². The molecular weight excluding hydrogens is 482 g/mol. The van der Waals surface area contributed by atoms with Crippen LogP contribution >= 0.6 is 11.3 Å². The van der Waals surface area contributed by atoms with Crippen LogP contribution in [0.5, 0.6) is 0 Å². The first-order chi connectivity index (χ1) is 17.5. The number of likely N-dealkylation sites (tertiary alicyclic amines) is 1. The normalized spacial score (nSPS) is 17.6. The lowest BCUT2D eigenvalue weighted by Crippen LogP contribution is -2.51. The van der Waals surface area contributed by atoms with Gasteiger partial charge in [0.1, 0.15) is 13.2 Å². The van der Waals surface area contributed by atoms with Gasteiger partial charge in [-0.3, -0.25) is 19.5 Å². The van der Waals surface area contributed by atoms with Crippen molar-refractivity contribution in [2.75, 3.05) is 32.8 Å². The lowest BCUT2D eigenvalue weighted by molar-refractivity contribution is -0.136. The number of thiophene rings is 1. The summed E-state index contributed by atoms with van der Waals surface area (Å²) in [6.45, 7) is 5.21. The Morgan fingerprint density at radius 3 is 2.78 bits per heavy atom. The molecule has 11 heteroatoms. The van der Waals surface area contributed by atoms with Crippen LogP contribution in [0.1, 0.15) is 47.8 Å². The molecule has 36 heavy (non-hydrogen) atoms. The SMILES string of the molecule is C[C@H](CCc1ncccc1C(=O)N[O-])N1CCC(N(Cc2ccsc2)C(=O)CN2CCOC2=O)CC1. The minimum atomic E-state index is -0.663. The van der Waals surface area contributed by atoms with Crippen LogP contribution in [-0.4, -0.2) is 82.5 Å². The summed E-state index contributed by atoms with van der Waals surface area (Å²) < 4.78 is 4.99. The second-order valence-corrected chi connectivity index (χ2v) is 10.1. The molecule has 0 aliphatic carbocycles. The number of cyclic esters (lactones) is 1.